The summed E-state index contributed by atoms with van der Waals surface area (Å²) in [6.07, 6.45) is 0. The van der Waals surface area contributed by atoms with Crippen molar-refractivity contribution in [3.8, 4) is 0 Å². The highest BCUT2D eigenvalue weighted by Gasteiger charge is 1.95. The molecule has 0 atom stereocenters. The van der Waals surface area contributed by atoms with Crippen LogP contribution < -0.4 is 11.3 Å². The zero-order valence-corrected chi connectivity index (χ0v) is 6.94. The van der Waals surface area contributed by atoms with E-state index in [9.17, 15) is 4.79 Å². The molecule has 0 spiro atoms. The van der Waals surface area contributed by atoms with E-state index in [0.717, 1.165) is 0 Å². The van der Waals surface area contributed by atoms with Crippen LogP contribution in [0.1, 0.15) is 6.92 Å². The van der Waals surface area contributed by atoms with Crippen molar-refractivity contribution < 1.29 is 0 Å². The minimum absolute atomic E-state index is 0.159. The Morgan fingerprint density at radius 1 is 1.82 bits per heavy atom. The number of anilines is 1. The van der Waals surface area contributed by atoms with Crippen LogP contribution in [0.15, 0.2) is 10.9 Å². The lowest BCUT2D eigenvalue weighted by Crippen LogP contribution is -2.20. The van der Waals surface area contributed by atoms with E-state index in [2.05, 4.69) is 4.98 Å². The van der Waals surface area contributed by atoms with Crippen LogP contribution in [0.4, 0.5) is 5.82 Å². The van der Waals surface area contributed by atoms with Crippen molar-refractivity contribution in [2.75, 3.05) is 5.73 Å². The second-order valence-electron chi connectivity index (χ2n) is 2.11. The van der Waals surface area contributed by atoms with Gasteiger partial charge in [-0.2, -0.15) is 0 Å². The molecule has 1 rings (SSSR count). The van der Waals surface area contributed by atoms with Crippen LogP contribution in [-0.4, -0.2) is 9.55 Å². The zero-order chi connectivity index (χ0) is 8.43. The third-order valence-corrected chi connectivity index (χ3v) is 1.68. The fourth-order valence-corrected chi connectivity index (χ4v) is 1.17. The van der Waals surface area contributed by atoms with Gasteiger partial charge in [-0.1, -0.05) is 0 Å². The van der Waals surface area contributed by atoms with Gasteiger partial charge in [-0.15, -0.1) is 0 Å². The maximum Gasteiger partial charge on any atom is 0.256 e. The van der Waals surface area contributed by atoms with Crippen molar-refractivity contribution >= 4 is 18.0 Å². The number of hydrogen-bond acceptors (Lipinski definition) is 3. The molecule has 3 N–H and O–H groups in total. The molecule has 0 fully saturated rings. The van der Waals surface area contributed by atoms with Crippen molar-refractivity contribution in [1.29, 1.82) is 0 Å². The largest absolute Gasteiger partial charge is 0.385 e. The van der Waals surface area contributed by atoms with E-state index in [4.69, 9.17) is 18.0 Å². The number of aromatic nitrogens is 2. The highest BCUT2D eigenvalue weighted by molar-refractivity contribution is 7.71. The Bertz CT molecular complexity index is 334. The van der Waals surface area contributed by atoms with E-state index in [0.29, 0.717) is 17.1 Å². The van der Waals surface area contributed by atoms with Gasteiger partial charge in [0.1, 0.15) is 5.82 Å². The normalized spacial score (nSPS) is 9.91. The van der Waals surface area contributed by atoms with Crippen LogP contribution >= 0.6 is 12.2 Å². The molecule has 0 unspecified atom stereocenters. The SMILES string of the molecule is CCn1c(=O)cc(N)[nH]c1=S. The summed E-state index contributed by atoms with van der Waals surface area (Å²) in [6, 6.07) is 1.32. The Kier molecular flexibility index (Phi) is 2.09. The Labute approximate surface area is 68.7 Å². The van der Waals surface area contributed by atoms with Crippen molar-refractivity contribution in [3.63, 3.8) is 0 Å². The van der Waals surface area contributed by atoms with Crippen LogP contribution in [-0.2, 0) is 6.54 Å². The maximum atomic E-state index is 11.1. The molecule has 11 heavy (non-hydrogen) atoms. The van der Waals surface area contributed by atoms with E-state index in [1.165, 1.54) is 10.6 Å². The molecule has 0 aliphatic carbocycles. The van der Waals surface area contributed by atoms with E-state index in [1.54, 1.807) is 0 Å². The van der Waals surface area contributed by atoms with Crippen LogP contribution in [0.25, 0.3) is 0 Å². The van der Waals surface area contributed by atoms with Crippen molar-refractivity contribution in [2.45, 2.75) is 13.5 Å². The Morgan fingerprint density at radius 2 is 2.45 bits per heavy atom. The zero-order valence-electron chi connectivity index (χ0n) is 6.13. The topological polar surface area (TPSA) is 63.8 Å². The van der Waals surface area contributed by atoms with Gasteiger partial charge in [-0.3, -0.25) is 9.36 Å². The van der Waals surface area contributed by atoms with E-state index >= 15 is 0 Å². The first kappa shape index (κ1) is 8.00. The summed E-state index contributed by atoms with van der Waals surface area (Å²) in [7, 11) is 0. The molecular formula is C6H9N3OS. The molecule has 0 amide bonds. The second-order valence-corrected chi connectivity index (χ2v) is 2.50. The van der Waals surface area contributed by atoms with Crippen LogP contribution in [0.2, 0.25) is 0 Å². The molecule has 1 heterocycles. The second kappa shape index (κ2) is 2.87. The molecule has 0 aliphatic rings. The lowest BCUT2D eigenvalue weighted by molar-refractivity contribution is 0.695. The van der Waals surface area contributed by atoms with Crippen molar-refractivity contribution in [1.82, 2.24) is 9.55 Å². The number of H-pyrrole nitrogens is 1. The first-order chi connectivity index (χ1) is 5.15. The van der Waals surface area contributed by atoms with Gasteiger partial charge in [0.2, 0.25) is 0 Å². The molecule has 0 aliphatic heterocycles. The van der Waals surface area contributed by atoms with E-state index < -0.39 is 0 Å². The van der Waals surface area contributed by atoms with Gasteiger partial charge in [0, 0.05) is 12.6 Å². The summed E-state index contributed by atoms with van der Waals surface area (Å²) >= 11 is 4.85. The summed E-state index contributed by atoms with van der Waals surface area (Å²) in [4.78, 5) is 13.8. The minimum Gasteiger partial charge on any atom is -0.385 e. The van der Waals surface area contributed by atoms with Gasteiger partial charge >= 0.3 is 0 Å². The summed E-state index contributed by atoms with van der Waals surface area (Å²) in [5.74, 6) is 0.310. The summed E-state index contributed by atoms with van der Waals surface area (Å²) in [5.41, 5.74) is 5.19. The summed E-state index contributed by atoms with van der Waals surface area (Å²) in [5, 5.41) is 0. The predicted octanol–water partition coefficient (Wildman–Crippen LogP) is 0.508. The standard InChI is InChI=1S/C6H9N3OS/c1-2-9-5(10)3-4(7)8-6(9)11/h3H,2,7H2,1H3,(H,8,11). The molecule has 0 radical (unpaired) electrons. The van der Waals surface area contributed by atoms with Gasteiger partial charge in [0.25, 0.3) is 5.56 Å². The first-order valence-electron chi connectivity index (χ1n) is 3.24. The molecular weight excluding hydrogens is 162 g/mol. The lowest BCUT2D eigenvalue weighted by Gasteiger charge is -2.00. The molecule has 5 heteroatoms. The fourth-order valence-electron chi connectivity index (χ4n) is 0.838. The van der Waals surface area contributed by atoms with Gasteiger partial charge in [-0.25, -0.2) is 0 Å². The molecule has 1 aromatic rings. The van der Waals surface area contributed by atoms with E-state index in [-0.39, 0.29) is 5.56 Å². The monoisotopic (exact) mass is 171 g/mol. The van der Waals surface area contributed by atoms with E-state index in [1.807, 2.05) is 6.92 Å². The number of rotatable bonds is 1. The predicted molar refractivity (Wildman–Crippen MR) is 46.0 cm³/mol. The number of nitrogen functional groups attached to an aromatic ring is 1. The maximum absolute atomic E-state index is 11.1. The number of hydrogen-bond donors (Lipinski definition) is 2. The molecule has 60 valence electrons. The molecule has 4 nitrogen and oxygen atoms in total. The molecule has 1 aromatic heterocycles. The average Bonchev–Trinajstić information content (AvgIpc) is 1.85. The number of aromatic amines is 1. The van der Waals surface area contributed by atoms with Crippen LogP contribution in [0.5, 0.6) is 0 Å². The molecule has 0 saturated heterocycles. The van der Waals surface area contributed by atoms with Crippen molar-refractivity contribution in [3.05, 3.63) is 21.2 Å². The van der Waals surface area contributed by atoms with Gasteiger partial charge in [0.05, 0.1) is 0 Å². The van der Waals surface area contributed by atoms with Gasteiger partial charge in [-0.05, 0) is 19.1 Å². The highest BCUT2D eigenvalue weighted by Crippen LogP contribution is 1.90. The minimum atomic E-state index is -0.159. The van der Waals surface area contributed by atoms with Crippen molar-refractivity contribution in [2.24, 2.45) is 0 Å². The Balaban J connectivity index is 3.50. The molecule has 0 saturated carbocycles. The quantitative estimate of drug-likeness (QED) is 0.605. The molecule has 0 bridgehead atoms. The number of nitrogens with two attached hydrogens (primary N) is 1. The Hall–Kier alpha value is -1.10. The van der Waals surface area contributed by atoms with Crippen LogP contribution in [0.3, 0.4) is 0 Å². The highest BCUT2D eigenvalue weighted by atomic mass is 32.1. The lowest BCUT2D eigenvalue weighted by atomic mass is 10.5. The third kappa shape index (κ3) is 1.48. The average molecular weight is 171 g/mol. The summed E-state index contributed by atoms with van der Waals surface area (Å²) < 4.78 is 1.81. The summed E-state index contributed by atoms with van der Waals surface area (Å²) in [6.45, 7) is 2.41. The van der Waals surface area contributed by atoms with Crippen LogP contribution in [0, 0.1) is 4.77 Å². The fraction of sp³-hybridized carbons (Fsp3) is 0.333. The smallest absolute Gasteiger partial charge is 0.256 e. The first-order valence-corrected chi connectivity index (χ1v) is 3.65. The Morgan fingerprint density at radius 3 is 2.91 bits per heavy atom. The number of nitrogens with zero attached hydrogens (tertiary/aromatic N) is 1. The third-order valence-electron chi connectivity index (χ3n) is 1.36. The van der Waals surface area contributed by atoms with Gasteiger partial charge < -0.3 is 10.7 Å². The molecule has 0 aromatic carbocycles. The van der Waals surface area contributed by atoms with Gasteiger partial charge in [0.15, 0.2) is 4.77 Å². The number of nitrogens with one attached hydrogen (secondary N) is 1.